The number of fused-ring (bicyclic) bond motifs is 6. The lowest BCUT2D eigenvalue weighted by atomic mass is 9.91. The summed E-state index contributed by atoms with van der Waals surface area (Å²) in [4.78, 5) is 5.02. The highest BCUT2D eigenvalue weighted by Gasteiger charge is 2.38. The first-order valence-electron chi connectivity index (χ1n) is 9.59. The van der Waals surface area contributed by atoms with Crippen LogP contribution in [0.2, 0.25) is 0 Å². The number of rotatable bonds is 1. The number of benzene rings is 4. The van der Waals surface area contributed by atoms with Crippen LogP contribution in [0.5, 0.6) is 0 Å². The summed E-state index contributed by atoms with van der Waals surface area (Å²) >= 11 is 0. The zero-order valence-corrected chi connectivity index (χ0v) is 15.6. The average molecular weight is 361 g/mol. The maximum Gasteiger partial charge on any atom is 0.145 e. The van der Waals surface area contributed by atoms with Gasteiger partial charge in [-0.1, -0.05) is 66.7 Å². The number of hydrogen-bond acceptors (Lipinski definition) is 2. The predicted molar refractivity (Wildman–Crippen MR) is 115 cm³/mol. The summed E-state index contributed by atoms with van der Waals surface area (Å²) < 4.78 is 2.35. The molecule has 3 heteroatoms. The smallest absolute Gasteiger partial charge is 0.145 e. The highest BCUT2D eigenvalue weighted by molar-refractivity contribution is 5.91. The summed E-state index contributed by atoms with van der Waals surface area (Å²) in [6.45, 7) is 2.25. The first kappa shape index (κ1) is 15.5. The van der Waals surface area contributed by atoms with E-state index in [9.17, 15) is 0 Å². The molecule has 1 aliphatic heterocycles. The molecule has 0 saturated carbocycles. The maximum absolute atomic E-state index is 5.02. The number of nitrogens with one attached hydrogen (secondary N) is 1. The Balaban J connectivity index is 1.76. The van der Waals surface area contributed by atoms with Gasteiger partial charge in [0.1, 0.15) is 11.5 Å². The van der Waals surface area contributed by atoms with Crippen LogP contribution in [0.25, 0.3) is 33.2 Å². The minimum atomic E-state index is -0.458. The van der Waals surface area contributed by atoms with Gasteiger partial charge >= 0.3 is 0 Å². The Morgan fingerprint density at radius 2 is 1.54 bits per heavy atom. The highest BCUT2D eigenvalue weighted by Crippen LogP contribution is 2.45. The van der Waals surface area contributed by atoms with Crippen molar-refractivity contribution >= 4 is 27.5 Å². The first-order valence-corrected chi connectivity index (χ1v) is 9.59. The Kier molecular flexibility index (Phi) is 3.01. The maximum atomic E-state index is 5.02. The summed E-state index contributed by atoms with van der Waals surface area (Å²) in [5.74, 6) is 1.01. The van der Waals surface area contributed by atoms with Crippen molar-refractivity contribution in [2.75, 3.05) is 5.32 Å². The fourth-order valence-corrected chi connectivity index (χ4v) is 4.60. The van der Waals surface area contributed by atoms with E-state index in [1.807, 2.05) is 0 Å². The second-order valence-corrected chi connectivity index (χ2v) is 7.53. The number of aromatic nitrogens is 2. The monoisotopic (exact) mass is 361 g/mol. The van der Waals surface area contributed by atoms with Gasteiger partial charge < -0.3 is 5.32 Å². The second-order valence-electron chi connectivity index (χ2n) is 7.53. The van der Waals surface area contributed by atoms with E-state index < -0.39 is 5.66 Å². The molecule has 0 amide bonds. The van der Waals surface area contributed by atoms with Crippen LogP contribution < -0.4 is 5.32 Å². The van der Waals surface area contributed by atoms with Crippen molar-refractivity contribution in [2.45, 2.75) is 12.6 Å². The Hall–Kier alpha value is -3.59. The molecule has 0 spiro atoms. The minimum Gasteiger partial charge on any atom is -0.358 e. The molecule has 0 bridgehead atoms. The summed E-state index contributed by atoms with van der Waals surface area (Å²) in [5, 5.41) is 6.34. The molecule has 28 heavy (non-hydrogen) atoms. The highest BCUT2D eigenvalue weighted by atomic mass is 15.3. The Morgan fingerprint density at radius 3 is 2.50 bits per heavy atom. The number of imidazole rings is 1. The van der Waals surface area contributed by atoms with E-state index in [1.54, 1.807) is 0 Å². The van der Waals surface area contributed by atoms with Gasteiger partial charge in [-0.05, 0) is 42.0 Å². The van der Waals surface area contributed by atoms with Crippen molar-refractivity contribution in [2.24, 2.45) is 0 Å². The molecule has 0 unspecified atom stereocenters. The molecule has 5 aromatic rings. The van der Waals surface area contributed by atoms with Crippen LogP contribution in [0.15, 0.2) is 91.0 Å². The fraction of sp³-hybridized carbons (Fsp3) is 0.0800. The molecule has 0 radical (unpaired) electrons. The predicted octanol–water partition coefficient (Wildman–Crippen LogP) is 6.00. The molecule has 0 saturated heterocycles. The number of anilines is 1. The molecule has 1 N–H and O–H groups in total. The van der Waals surface area contributed by atoms with Crippen LogP contribution in [0.3, 0.4) is 0 Å². The van der Waals surface area contributed by atoms with Crippen LogP contribution in [0.1, 0.15) is 12.5 Å². The Bertz CT molecular complexity index is 1360. The van der Waals surface area contributed by atoms with Gasteiger partial charge in [-0.15, -0.1) is 0 Å². The van der Waals surface area contributed by atoms with Crippen molar-refractivity contribution in [3.63, 3.8) is 0 Å². The standard InChI is InChI=1S/C25H19N3/c1-25(20-13-8-10-17-9-2-3-11-18(17)20)27-21-14-5-4-12-19(21)24-26-22-15-6-7-16-23(22)28(24)25/h2-16,27H,1H3/t25-/m1/s1. The van der Waals surface area contributed by atoms with E-state index in [1.165, 1.54) is 16.3 Å². The van der Waals surface area contributed by atoms with Crippen molar-refractivity contribution in [3.05, 3.63) is 96.6 Å². The van der Waals surface area contributed by atoms with Gasteiger partial charge in [-0.25, -0.2) is 4.98 Å². The van der Waals surface area contributed by atoms with Crippen LogP contribution in [-0.2, 0) is 5.66 Å². The van der Waals surface area contributed by atoms with Gasteiger partial charge in [0.15, 0.2) is 0 Å². The molecule has 3 nitrogen and oxygen atoms in total. The molecule has 134 valence electrons. The van der Waals surface area contributed by atoms with Gasteiger partial charge in [0.25, 0.3) is 0 Å². The largest absolute Gasteiger partial charge is 0.358 e. The van der Waals surface area contributed by atoms with Crippen molar-refractivity contribution in [3.8, 4) is 11.4 Å². The normalized spacial score (nSPS) is 17.9. The van der Waals surface area contributed by atoms with E-state index in [2.05, 4.69) is 108 Å². The molecule has 6 rings (SSSR count). The van der Waals surface area contributed by atoms with Crippen LogP contribution >= 0.6 is 0 Å². The SMILES string of the molecule is C[C@@]1(c2cccc3ccccc23)Nc2ccccc2-c2nc3ccccc3n21. The summed E-state index contributed by atoms with van der Waals surface area (Å²) in [6, 6.07) is 31.9. The van der Waals surface area contributed by atoms with Gasteiger partial charge in [-0.3, -0.25) is 4.57 Å². The molecule has 0 fully saturated rings. The molecule has 1 aromatic heterocycles. The van der Waals surface area contributed by atoms with Gasteiger partial charge in [0.2, 0.25) is 0 Å². The van der Waals surface area contributed by atoms with Gasteiger partial charge in [-0.2, -0.15) is 0 Å². The Labute approximate surface area is 163 Å². The Morgan fingerprint density at radius 1 is 0.786 bits per heavy atom. The van der Waals surface area contributed by atoms with Crippen LogP contribution in [-0.4, -0.2) is 9.55 Å². The van der Waals surface area contributed by atoms with Crippen molar-refractivity contribution in [1.29, 1.82) is 0 Å². The number of para-hydroxylation sites is 3. The van der Waals surface area contributed by atoms with E-state index >= 15 is 0 Å². The summed E-state index contributed by atoms with van der Waals surface area (Å²) in [7, 11) is 0. The zero-order chi connectivity index (χ0) is 18.7. The van der Waals surface area contributed by atoms with E-state index in [-0.39, 0.29) is 0 Å². The lowest BCUT2D eigenvalue weighted by Crippen LogP contribution is -2.42. The summed E-state index contributed by atoms with van der Waals surface area (Å²) in [6.07, 6.45) is 0. The molecule has 1 aliphatic rings. The lowest BCUT2D eigenvalue weighted by Gasteiger charge is -2.40. The van der Waals surface area contributed by atoms with Crippen molar-refractivity contribution < 1.29 is 0 Å². The van der Waals surface area contributed by atoms with E-state index in [0.29, 0.717) is 0 Å². The third kappa shape index (κ3) is 1.96. The van der Waals surface area contributed by atoms with Crippen LogP contribution in [0, 0.1) is 0 Å². The number of hydrogen-bond donors (Lipinski definition) is 1. The minimum absolute atomic E-state index is 0.458. The topological polar surface area (TPSA) is 29.9 Å². The van der Waals surface area contributed by atoms with Gasteiger partial charge in [0.05, 0.1) is 11.0 Å². The second kappa shape index (κ2) is 5.46. The third-order valence-electron chi connectivity index (χ3n) is 5.87. The quantitative estimate of drug-likeness (QED) is 0.397. The molecule has 1 atom stereocenters. The fourth-order valence-electron chi connectivity index (χ4n) is 4.60. The summed E-state index contributed by atoms with van der Waals surface area (Å²) in [5.41, 5.74) is 5.18. The molecular formula is C25H19N3. The molecule has 2 heterocycles. The lowest BCUT2D eigenvalue weighted by molar-refractivity contribution is 0.467. The first-order chi connectivity index (χ1) is 13.8. The van der Waals surface area contributed by atoms with E-state index in [0.717, 1.165) is 28.1 Å². The average Bonchev–Trinajstić information content (AvgIpc) is 3.14. The molecule has 0 aliphatic carbocycles. The van der Waals surface area contributed by atoms with Crippen LogP contribution in [0.4, 0.5) is 5.69 Å². The molecular weight excluding hydrogens is 342 g/mol. The van der Waals surface area contributed by atoms with Crippen molar-refractivity contribution in [1.82, 2.24) is 9.55 Å². The zero-order valence-electron chi connectivity index (χ0n) is 15.6. The number of nitrogens with zero attached hydrogens (tertiary/aromatic N) is 2. The molecule has 4 aromatic carbocycles. The van der Waals surface area contributed by atoms with Gasteiger partial charge in [0, 0.05) is 16.8 Å². The van der Waals surface area contributed by atoms with E-state index in [4.69, 9.17) is 4.98 Å². The third-order valence-corrected chi connectivity index (χ3v) is 5.87.